The van der Waals surface area contributed by atoms with Crippen LogP contribution < -0.4 is 9.64 Å². The normalized spacial score (nSPS) is 21.7. The van der Waals surface area contributed by atoms with Crippen molar-refractivity contribution >= 4 is 39.6 Å². The van der Waals surface area contributed by atoms with E-state index in [0.29, 0.717) is 10.8 Å². The number of anilines is 1. The highest BCUT2D eigenvalue weighted by Gasteiger charge is 2.31. The van der Waals surface area contributed by atoms with Crippen LogP contribution in [0.5, 0.6) is 5.75 Å². The maximum Gasteiger partial charge on any atom is 0.293 e. The van der Waals surface area contributed by atoms with E-state index >= 15 is 0 Å². The first-order valence-corrected chi connectivity index (χ1v) is 10.4. The van der Waals surface area contributed by atoms with Crippen LogP contribution in [0.1, 0.15) is 24.2 Å². The third kappa shape index (κ3) is 2.97. The molecule has 6 nitrogen and oxygen atoms in total. The van der Waals surface area contributed by atoms with Gasteiger partial charge in [0.25, 0.3) is 11.1 Å². The number of thioether (sulfide) groups is 1. The Morgan fingerprint density at radius 1 is 1.03 bits per heavy atom. The van der Waals surface area contributed by atoms with Gasteiger partial charge in [0.15, 0.2) is 11.6 Å². The minimum atomic E-state index is -0.273. The fraction of sp³-hybridized carbons (Fsp3) is 0.273. The number of benzene rings is 1. The molecule has 3 aliphatic rings. The molecule has 1 fully saturated rings. The second-order valence-electron chi connectivity index (χ2n) is 7.34. The monoisotopic (exact) mass is 408 g/mol. The van der Waals surface area contributed by atoms with E-state index in [1.807, 2.05) is 24.1 Å². The molecule has 1 aliphatic carbocycles. The molecule has 0 bridgehead atoms. The van der Waals surface area contributed by atoms with Crippen LogP contribution in [0, 0.1) is 0 Å². The van der Waals surface area contributed by atoms with Crippen molar-refractivity contribution < 1.29 is 18.7 Å². The predicted octanol–water partition coefficient (Wildman–Crippen LogP) is 4.75. The van der Waals surface area contributed by atoms with Gasteiger partial charge < -0.3 is 14.1 Å². The smallest absolute Gasteiger partial charge is 0.293 e. The molecule has 1 aromatic heterocycles. The number of amides is 2. The van der Waals surface area contributed by atoms with E-state index in [4.69, 9.17) is 9.15 Å². The highest BCUT2D eigenvalue weighted by atomic mass is 32.2. The van der Waals surface area contributed by atoms with Gasteiger partial charge in [0, 0.05) is 37.5 Å². The Kier molecular flexibility index (Phi) is 4.28. The van der Waals surface area contributed by atoms with Crippen LogP contribution in [0.3, 0.4) is 0 Å². The molecule has 1 aromatic carbocycles. The molecule has 0 atom stereocenters. The Morgan fingerprint density at radius 2 is 1.83 bits per heavy atom. The van der Waals surface area contributed by atoms with Crippen LogP contribution in [0.4, 0.5) is 10.5 Å². The number of ether oxygens (including phenoxy) is 1. The number of rotatable bonds is 2. The van der Waals surface area contributed by atoms with E-state index in [1.165, 1.54) is 30.8 Å². The molecule has 0 N–H and O–H groups in total. The summed E-state index contributed by atoms with van der Waals surface area (Å²) in [6, 6.07) is 4.13. The first kappa shape index (κ1) is 18.1. The molecule has 5 rings (SSSR count). The van der Waals surface area contributed by atoms with Crippen LogP contribution in [-0.2, 0) is 17.6 Å². The van der Waals surface area contributed by atoms with Gasteiger partial charge in [0.1, 0.15) is 11.3 Å². The summed E-state index contributed by atoms with van der Waals surface area (Å²) in [6.45, 7) is 0. The van der Waals surface area contributed by atoms with Crippen LogP contribution in [0.15, 0.2) is 51.6 Å². The van der Waals surface area contributed by atoms with Gasteiger partial charge in [-0.2, -0.15) is 0 Å². The van der Waals surface area contributed by atoms with Gasteiger partial charge in [0.05, 0.1) is 10.6 Å². The average molecular weight is 408 g/mol. The maximum absolute atomic E-state index is 11.9. The van der Waals surface area contributed by atoms with Crippen molar-refractivity contribution in [2.75, 3.05) is 19.0 Å². The molecule has 1 saturated heterocycles. The molecule has 0 spiro atoms. The van der Waals surface area contributed by atoms with Crippen molar-refractivity contribution in [2.45, 2.75) is 25.7 Å². The molecule has 0 unspecified atom stereocenters. The van der Waals surface area contributed by atoms with E-state index < -0.39 is 0 Å². The predicted molar refractivity (Wildman–Crippen MR) is 113 cm³/mol. The number of hydrogen-bond acceptors (Lipinski definition) is 6. The highest BCUT2D eigenvalue weighted by Crippen LogP contribution is 2.44. The first-order chi connectivity index (χ1) is 14.0. The van der Waals surface area contributed by atoms with Crippen molar-refractivity contribution in [1.29, 1.82) is 0 Å². The fourth-order valence-electron chi connectivity index (χ4n) is 3.91. The SMILES string of the molecule is CN1C(=O)SC(=CC=CC=C2Oc3cc4oc5c(c4cc3N2C)CCCC5)C1=O. The van der Waals surface area contributed by atoms with E-state index in [2.05, 4.69) is 6.07 Å². The minimum Gasteiger partial charge on any atom is -0.461 e. The lowest BCUT2D eigenvalue weighted by Crippen LogP contribution is -2.22. The van der Waals surface area contributed by atoms with Gasteiger partial charge in [-0.15, -0.1) is 0 Å². The van der Waals surface area contributed by atoms with Crippen molar-refractivity contribution in [1.82, 2.24) is 4.90 Å². The number of likely N-dealkylation sites (N-methyl/N-ethyl adjacent to an activating group) is 1. The lowest BCUT2D eigenvalue weighted by Gasteiger charge is -2.11. The molecular weight excluding hydrogens is 388 g/mol. The summed E-state index contributed by atoms with van der Waals surface area (Å²) >= 11 is 0.943. The second kappa shape index (κ2) is 6.84. The molecule has 0 saturated carbocycles. The number of carbonyl (C=O) groups excluding carboxylic acids is 2. The summed E-state index contributed by atoms with van der Waals surface area (Å²) in [6.07, 6.45) is 11.5. The molecule has 7 heteroatoms. The maximum atomic E-state index is 11.9. The molecule has 3 heterocycles. The van der Waals surface area contributed by atoms with E-state index in [9.17, 15) is 9.59 Å². The van der Waals surface area contributed by atoms with Crippen molar-refractivity contribution in [3.63, 3.8) is 0 Å². The van der Waals surface area contributed by atoms with Crippen molar-refractivity contribution in [3.05, 3.63) is 58.5 Å². The summed E-state index contributed by atoms with van der Waals surface area (Å²) in [4.78, 5) is 26.9. The summed E-state index contributed by atoms with van der Waals surface area (Å²) in [7, 11) is 3.45. The minimum absolute atomic E-state index is 0.256. The molecule has 2 aliphatic heterocycles. The van der Waals surface area contributed by atoms with Crippen LogP contribution in [0.25, 0.3) is 11.0 Å². The molecule has 2 amide bonds. The number of fused-ring (bicyclic) bond motifs is 4. The van der Waals surface area contributed by atoms with E-state index in [1.54, 1.807) is 18.2 Å². The zero-order valence-electron chi connectivity index (χ0n) is 16.2. The summed E-state index contributed by atoms with van der Waals surface area (Å²) < 4.78 is 12.1. The largest absolute Gasteiger partial charge is 0.461 e. The summed E-state index contributed by atoms with van der Waals surface area (Å²) in [5, 5.41) is 0.926. The lowest BCUT2D eigenvalue weighted by atomic mass is 9.96. The quantitative estimate of drug-likeness (QED) is 0.669. The fourth-order valence-corrected chi connectivity index (χ4v) is 4.69. The van der Waals surface area contributed by atoms with Gasteiger partial charge in [0.2, 0.25) is 0 Å². The number of furan rings is 1. The summed E-state index contributed by atoms with van der Waals surface area (Å²) in [5.74, 6) is 2.31. The number of hydrogen-bond donors (Lipinski definition) is 0. The van der Waals surface area contributed by atoms with Gasteiger partial charge in [-0.1, -0.05) is 12.2 Å². The highest BCUT2D eigenvalue weighted by molar-refractivity contribution is 8.18. The summed E-state index contributed by atoms with van der Waals surface area (Å²) in [5.41, 5.74) is 3.24. The van der Waals surface area contributed by atoms with Gasteiger partial charge >= 0.3 is 0 Å². The Morgan fingerprint density at radius 3 is 2.62 bits per heavy atom. The lowest BCUT2D eigenvalue weighted by molar-refractivity contribution is -0.121. The molecule has 148 valence electrons. The van der Waals surface area contributed by atoms with Gasteiger partial charge in [-0.05, 0) is 49.2 Å². The molecular formula is C22H20N2O4S. The Balaban J connectivity index is 1.38. The molecule has 0 radical (unpaired) electrons. The van der Waals surface area contributed by atoms with Crippen LogP contribution in [0.2, 0.25) is 0 Å². The van der Waals surface area contributed by atoms with Gasteiger partial charge in [-0.25, -0.2) is 0 Å². The Bertz CT molecular complexity index is 1140. The van der Waals surface area contributed by atoms with Crippen LogP contribution >= 0.6 is 11.8 Å². The topological polar surface area (TPSA) is 63.0 Å². The van der Waals surface area contributed by atoms with Crippen molar-refractivity contribution in [3.8, 4) is 5.75 Å². The third-order valence-corrected chi connectivity index (χ3v) is 6.51. The van der Waals surface area contributed by atoms with Crippen LogP contribution in [-0.4, -0.2) is 30.1 Å². The number of allylic oxidation sites excluding steroid dienone is 4. The van der Waals surface area contributed by atoms with E-state index in [-0.39, 0.29) is 11.1 Å². The number of imide groups is 1. The standard InChI is InChI=1S/C22H20N2O4S/c1-23-15-11-14-13-7-3-4-8-16(13)27-17(14)12-18(15)28-20(23)10-6-5-9-19-21(25)24(2)22(26)29-19/h5-6,9-12H,3-4,7-8H2,1-2H3. The number of carbonyl (C=O) groups is 2. The average Bonchev–Trinajstić information content (AvgIpc) is 3.31. The number of aryl methyl sites for hydroxylation is 2. The van der Waals surface area contributed by atoms with Gasteiger partial charge in [-0.3, -0.25) is 14.5 Å². The first-order valence-electron chi connectivity index (χ1n) is 9.61. The van der Waals surface area contributed by atoms with Crippen molar-refractivity contribution in [2.24, 2.45) is 0 Å². The zero-order chi connectivity index (χ0) is 20.1. The number of nitrogens with zero attached hydrogens (tertiary/aromatic N) is 2. The van der Waals surface area contributed by atoms with E-state index in [0.717, 1.165) is 52.3 Å². The molecule has 29 heavy (non-hydrogen) atoms. The Hall–Kier alpha value is -2.93. The second-order valence-corrected chi connectivity index (χ2v) is 8.33. The zero-order valence-corrected chi connectivity index (χ0v) is 17.0. The third-order valence-electron chi connectivity index (χ3n) is 5.53. The Labute approximate surface area is 172 Å². The molecule has 2 aromatic rings.